The number of halogens is 1. The molecule has 0 aliphatic heterocycles. The molecule has 0 spiro atoms. The van der Waals surface area contributed by atoms with Crippen molar-refractivity contribution < 1.29 is 0 Å². The third kappa shape index (κ3) is 3.97. The van der Waals surface area contributed by atoms with Crippen LogP contribution in [-0.4, -0.2) is 9.55 Å². The third-order valence-electron chi connectivity index (χ3n) is 5.64. The maximum Gasteiger partial charge on any atom is 0.250 e. The van der Waals surface area contributed by atoms with Crippen molar-refractivity contribution in [2.24, 2.45) is 10.2 Å². The van der Waals surface area contributed by atoms with E-state index in [-0.39, 0.29) is 0 Å². The number of rotatable bonds is 6. The standard InChI is InChI=1S/C28H21ClN4/c29-25-16-18-26(19-17-25)31-32-27-30-20-21-33(27)28(22-10-4-1-5-11-22,23-12-6-2-7-13-23)24-14-8-3-9-15-24/h1-21H. The summed E-state index contributed by atoms with van der Waals surface area (Å²) >= 11 is 6.01. The average Bonchev–Trinajstić information content (AvgIpc) is 3.35. The van der Waals surface area contributed by atoms with E-state index in [9.17, 15) is 0 Å². The number of benzene rings is 4. The quantitative estimate of drug-likeness (QED) is 0.193. The first-order valence-corrected chi connectivity index (χ1v) is 11.0. The van der Waals surface area contributed by atoms with E-state index in [0.717, 1.165) is 16.7 Å². The topological polar surface area (TPSA) is 42.5 Å². The Morgan fingerprint density at radius 1 is 0.606 bits per heavy atom. The summed E-state index contributed by atoms with van der Waals surface area (Å²) in [7, 11) is 0. The van der Waals surface area contributed by atoms with Crippen LogP contribution in [-0.2, 0) is 5.54 Å². The Bertz CT molecular complexity index is 1250. The Kier molecular flexibility index (Phi) is 5.83. The van der Waals surface area contributed by atoms with Crippen molar-refractivity contribution >= 4 is 23.2 Å². The van der Waals surface area contributed by atoms with Crippen molar-refractivity contribution in [2.75, 3.05) is 0 Å². The van der Waals surface area contributed by atoms with Gasteiger partial charge in [0, 0.05) is 17.4 Å². The van der Waals surface area contributed by atoms with Crippen molar-refractivity contribution in [2.45, 2.75) is 5.54 Å². The van der Waals surface area contributed by atoms with Gasteiger partial charge in [-0.3, -0.25) is 4.57 Å². The van der Waals surface area contributed by atoms with Gasteiger partial charge >= 0.3 is 0 Å². The highest BCUT2D eigenvalue weighted by molar-refractivity contribution is 6.30. The molecule has 4 aromatic carbocycles. The molecule has 0 aliphatic carbocycles. The predicted molar refractivity (Wildman–Crippen MR) is 132 cm³/mol. The zero-order valence-electron chi connectivity index (χ0n) is 17.8. The molecule has 160 valence electrons. The van der Waals surface area contributed by atoms with Crippen LogP contribution in [0.15, 0.2) is 138 Å². The fraction of sp³-hybridized carbons (Fsp3) is 0.0357. The van der Waals surface area contributed by atoms with E-state index in [0.29, 0.717) is 16.7 Å². The molecule has 33 heavy (non-hydrogen) atoms. The minimum atomic E-state index is -0.686. The molecule has 5 rings (SSSR count). The Hall–Kier alpha value is -4.02. The number of aromatic nitrogens is 2. The minimum absolute atomic E-state index is 0.501. The number of azo groups is 1. The van der Waals surface area contributed by atoms with Gasteiger partial charge in [0.15, 0.2) is 0 Å². The second-order valence-corrected chi connectivity index (χ2v) is 8.02. The monoisotopic (exact) mass is 448 g/mol. The van der Waals surface area contributed by atoms with Gasteiger partial charge in [0.2, 0.25) is 0 Å². The number of imidazole rings is 1. The molecule has 0 aliphatic rings. The number of hydrogen-bond acceptors (Lipinski definition) is 3. The minimum Gasteiger partial charge on any atom is -0.296 e. The van der Waals surface area contributed by atoms with Crippen molar-refractivity contribution in [3.8, 4) is 0 Å². The van der Waals surface area contributed by atoms with Gasteiger partial charge in [-0.05, 0) is 41.0 Å². The molecule has 5 aromatic rings. The molecule has 0 amide bonds. The van der Waals surface area contributed by atoms with Crippen LogP contribution in [0.25, 0.3) is 0 Å². The average molecular weight is 449 g/mol. The number of nitrogens with zero attached hydrogens (tertiary/aromatic N) is 4. The molecule has 0 bridgehead atoms. The zero-order chi connectivity index (χ0) is 22.5. The Balaban J connectivity index is 1.76. The summed E-state index contributed by atoms with van der Waals surface area (Å²) in [6.07, 6.45) is 3.73. The van der Waals surface area contributed by atoms with Crippen LogP contribution in [0.3, 0.4) is 0 Å². The molecular formula is C28H21ClN4. The summed E-state index contributed by atoms with van der Waals surface area (Å²) in [5.41, 5.74) is 3.32. The fourth-order valence-electron chi connectivity index (χ4n) is 4.20. The largest absolute Gasteiger partial charge is 0.296 e. The molecule has 1 heterocycles. The summed E-state index contributed by atoms with van der Waals surface area (Å²) in [5, 5.41) is 9.63. The second kappa shape index (κ2) is 9.23. The van der Waals surface area contributed by atoms with Crippen molar-refractivity contribution in [3.05, 3.63) is 149 Å². The molecule has 0 atom stereocenters. The van der Waals surface area contributed by atoms with Gasteiger partial charge in [0.1, 0.15) is 5.54 Å². The highest BCUT2D eigenvalue weighted by Crippen LogP contribution is 2.43. The predicted octanol–water partition coefficient (Wildman–Crippen LogP) is 7.79. The smallest absolute Gasteiger partial charge is 0.250 e. The molecule has 5 heteroatoms. The Morgan fingerprint density at radius 2 is 1.09 bits per heavy atom. The lowest BCUT2D eigenvalue weighted by atomic mass is 9.76. The van der Waals surface area contributed by atoms with E-state index >= 15 is 0 Å². The van der Waals surface area contributed by atoms with Crippen LogP contribution in [0, 0.1) is 0 Å². The van der Waals surface area contributed by atoms with Crippen LogP contribution in [0.4, 0.5) is 11.6 Å². The maximum atomic E-state index is 6.01. The lowest BCUT2D eigenvalue weighted by Crippen LogP contribution is -2.37. The van der Waals surface area contributed by atoms with Crippen LogP contribution in [0.1, 0.15) is 16.7 Å². The highest BCUT2D eigenvalue weighted by Gasteiger charge is 2.39. The van der Waals surface area contributed by atoms with E-state index in [2.05, 4.69) is 92.6 Å². The van der Waals surface area contributed by atoms with Gasteiger partial charge in [-0.15, -0.1) is 10.2 Å². The first kappa shape index (κ1) is 20.9. The van der Waals surface area contributed by atoms with Gasteiger partial charge in [-0.1, -0.05) is 103 Å². The summed E-state index contributed by atoms with van der Waals surface area (Å²) in [4.78, 5) is 4.57. The normalized spacial score (nSPS) is 11.7. The van der Waals surface area contributed by atoms with E-state index in [1.165, 1.54) is 0 Å². The van der Waals surface area contributed by atoms with E-state index in [1.54, 1.807) is 18.3 Å². The van der Waals surface area contributed by atoms with Crippen LogP contribution < -0.4 is 0 Å². The van der Waals surface area contributed by atoms with Crippen molar-refractivity contribution in [1.29, 1.82) is 0 Å². The van der Waals surface area contributed by atoms with E-state index in [4.69, 9.17) is 11.6 Å². The maximum absolute atomic E-state index is 6.01. The van der Waals surface area contributed by atoms with Gasteiger partial charge in [0.25, 0.3) is 5.95 Å². The first-order chi connectivity index (χ1) is 16.3. The van der Waals surface area contributed by atoms with Crippen molar-refractivity contribution in [1.82, 2.24) is 9.55 Å². The summed E-state index contributed by atoms with van der Waals surface area (Å²) in [6.45, 7) is 0. The van der Waals surface area contributed by atoms with E-state index in [1.807, 2.05) is 36.5 Å². The van der Waals surface area contributed by atoms with E-state index < -0.39 is 5.54 Å². The third-order valence-corrected chi connectivity index (χ3v) is 5.89. The molecule has 4 nitrogen and oxygen atoms in total. The van der Waals surface area contributed by atoms with Gasteiger partial charge in [-0.25, -0.2) is 4.98 Å². The summed E-state index contributed by atoms with van der Waals surface area (Å²) in [5.74, 6) is 0.501. The Morgan fingerprint density at radius 3 is 1.58 bits per heavy atom. The van der Waals surface area contributed by atoms with Crippen LogP contribution in [0.5, 0.6) is 0 Å². The fourth-order valence-corrected chi connectivity index (χ4v) is 4.32. The first-order valence-electron chi connectivity index (χ1n) is 10.7. The molecule has 0 unspecified atom stereocenters. The zero-order valence-corrected chi connectivity index (χ0v) is 18.5. The van der Waals surface area contributed by atoms with Crippen LogP contribution >= 0.6 is 11.6 Å². The highest BCUT2D eigenvalue weighted by atomic mass is 35.5. The SMILES string of the molecule is Clc1ccc(N=Nc2nccn2C(c2ccccc2)(c2ccccc2)c2ccccc2)cc1. The summed E-state index contributed by atoms with van der Waals surface area (Å²) < 4.78 is 2.09. The molecule has 0 radical (unpaired) electrons. The lowest BCUT2D eigenvalue weighted by molar-refractivity contribution is 0.517. The summed E-state index contributed by atoms with van der Waals surface area (Å²) in [6, 6.07) is 38.5. The Labute approximate surface area is 197 Å². The van der Waals surface area contributed by atoms with Gasteiger partial charge < -0.3 is 0 Å². The molecule has 0 N–H and O–H groups in total. The lowest BCUT2D eigenvalue weighted by Gasteiger charge is -2.37. The molecule has 0 saturated heterocycles. The molecule has 0 fully saturated rings. The van der Waals surface area contributed by atoms with Gasteiger partial charge in [0.05, 0.1) is 5.69 Å². The molecular weight excluding hydrogens is 428 g/mol. The molecule has 0 saturated carbocycles. The number of hydrogen-bond donors (Lipinski definition) is 0. The second-order valence-electron chi connectivity index (χ2n) is 7.58. The van der Waals surface area contributed by atoms with Crippen molar-refractivity contribution in [3.63, 3.8) is 0 Å². The molecule has 1 aromatic heterocycles. The van der Waals surface area contributed by atoms with Gasteiger partial charge in [-0.2, -0.15) is 0 Å². The van der Waals surface area contributed by atoms with Crippen LogP contribution in [0.2, 0.25) is 5.02 Å².